The van der Waals surface area contributed by atoms with Gasteiger partial charge in [-0.3, -0.25) is 9.59 Å². The molecule has 0 saturated carbocycles. The van der Waals surface area contributed by atoms with Gasteiger partial charge >= 0.3 is 0 Å². The second-order valence-electron chi connectivity index (χ2n) is 4.96. The number of amides is 1. The van der Waals surface area contributed by atoms with E-state index in [1.807, 2.05) is 18.2 Å². The summed E-state index contributed by atoms with van der Waals surface area (Å²) in [5.41, 5.74) is 13.0. The molecule has 2 aromatic carbocycles. The average molecular weight is 294 g/mol. The lowest BCUT2D eigenvalue weighted by molar-refractivity contribution is -0.120. The Balaban J connectivity index is 1.98. The molecule has 0 fully saturated rings. The summed E-state index contributed by atoms with van der Waals surface area (Å²) in [5, 5.41) is 0. The Labute approximate surface area is 127 Å². The third-order valence-corrected chi connectivity index (χ3v) is 3.51. The number of carbonyl (C=O) groups is 2. The van der Waals surface area contributed by atoms with E-state index in [0.29, 0.717) is 11.1 Å². The molecule has 1 unspecified atom stereocenters. The van der Waals surface area contributed by atoms with E-state index >= 15 is 0 Å². The molecule has 0 aromatic heterocycles. The SMILES string of the molecule is NC(=O)c1cccc(C2=C(N)OC(c3ccccc3)C2=O)c1. The van der Waals surface area contributed by atoms with Crippen molar-refractivity contribution in [1.82, 2.24) is 0 Å². The van der Waals surface area contributed by atoms with Crippen LogP contribution in [0, 0.1) is 0 Å². The summed E-state index contributed by atoms with van der Waals surface area (Å²) < 4.78 is 5.52. The number of hydrogen-bond acceptors (Lipinski definition) is 4. The molecule has 2 aromatic rings. The Morgan fingerprint density at radius 2 is 1.77 bits per heavy atom. The number of rotatable bonds is 3. The predicted octanol–water partition coefficient (Wildman–Crippen LogP) is 1.75. The van der Waals surface area contributed by atoms with Crippen molar-refractivity contribution in [3.8, 4) is 0 Å². The minimum atomic E-state index is -0.756. The molecule has 0 saturated heterocycles. The lowest BCUT2D eigenvalue weighted by Crippen LogP contribution is -2.12. The van der Waals surface area contributed by atoms with Crippen LogP contribution in [0.3, 0.4) is 0 Å². The van der Waals surface area contributed by atoms with Crippen molar-refractivity contribution in [1.29, 1.82) is 0 Å². The number of ether oxygens (including phenoxy) is 1. The van der Waals surface area contributed by atoms with Crippen LogP contribution in [-0.2, 0) is 9.53 Å². The van der Waals surface area contributed by atoms with Crippen LogP contribution >= 0.6 is 0 Å². The zero-order valence-corrected chi connectivity index (χ0v) is 11.7. The number of Topliss-reactive ketones (excluding diaryl/α,β-unsaturated/α-hetero) is 1. The minimum absolute atomic E-state index is 0.0560. The second-order valence-corrected chi connectivity index (χ2v) is 4.96. The number of hydrogen-bond donors (Lipinski definition) is 2. The molecule has 0 bridgehead atoms. The first-order valence-corrected chi connectivity index (χ1v) is 6.73. The number of primary amides is 1. The van der Waals surface area contributed by atoms with E-state index in [1.165, 1.54) is 0 Å². The normalized spacial score (nSPS) is 17.5. The molecule has 1 heterocycles. The summed E-state index contributed by atoms with van der Waals surface area (Å²) in [6.45, 7) is 0. The lowest BCUT2D eigenvalue weighted by Gasteiger charge is -2.09. The third kappa shape index (κ3) is 2.33. The van der Waals surface area contributed by atoms with Crippen molar-refractivity contribution in [2.24, 2.45) is 11.5 Å². The summed E-state index contributed by atoms with van der Waals surface area (Å²) in [6, 6.07) is 15.6. The van der Waals surface area contributed by atoms with Crippen LogP contribution in [0.4, 0.5) is 0 Å². The van der Waals surface area contributed by atoms with Crippen LogP contribution in [-0.4, -0.2) is 11.7 Å². The van der Waals surface area contributed by atoms with Gasteiger partial charge < -0.3 is 16.2 Å². The van der Waals surface area contributed by atoms with Gasteiger partial charge in [0.1, 0.15) is 0 Å². The molecule has 3 rings (SSSR count). The van der Waals surface area contributed by atoms with E-state index < -0.39 is 12.0 Å². The number of benzene rings is 2. The van der Waals surface area contributed by atoms with E-state index in [2.05, 4.69) is 0 Å². The highest BCUT2D eigenvalue weighted by molar-refractivity contribution is 6.25. The second kappa shape index (κ2) is 5.37. The standard InChI is InChI=1S/C17H14N2O3/c18-16(21)12-8-4-7-11(9-12)13-14(20)15(22-17(13)19)10-5-2-1-3-6-10/h1-9,15H,19H2,(H2,18,21). The number of carbonyl (C=O) groups excluding carboxylic acids is 2. The fourth-order valence-corrected chi connectivity index (χ4v) is 2.45. The van der Waals surface area contributed by atoms with Crippen molar-refractivity contribution >= 4 is 17.3 Å². The van der Waals surface area contributed by atoms with Crippen molar-refractivity contribution in [3.63, 3.8) is 0 Å². The summed E-state index contributed by atoms with van der Waals surface area (Å²) in [4.78, 5) is 23.9. The summed E-state index contributed by atoms with van der Waals surface area (Å²) in [7, 11) is 0. The molecular formula is C17H14N2O3. The van der Waals surface area contributed by atoms with Gasteiger partial charge in [-0.15, -0.1) is 0 Å². The van der Waals surface area contributed by atoms with E-state index in [-0.39, 0.29) is 17.2 Å². The number of ketones is 1. The Morgan fingerprint density at radius 1 is 1.05 bits per heavy atom. The van der Waals surface area contributed by atoms with Gasteiger partial charge in [0.15, 0.2) is 12.0 Å². The molecule has 4 N–H and O–H groups in total. The molecule has 0 radical (unpaired) electrons. The smallest absolute Gasteiger partial charge is 0.248 e. The first-order chi connectivity index (χ1) is 10.6. The highest BCUT2D eigenvalue weighted by Crippen LogP contribution is 2.36. The fraction of sp³-hybridized carbons (Fsp3) is 0.0588. The molecule has 1 atom stereocenters. The van der Waals surface area contributed by atoms with Crippen LogP contribution in [0.25, 0.3) is 5.57 Å². The predicted molar refractivity (Wildman–Crippen MR) is 81.3 cm³/mol. The molecular weight excluding hydrogens is 280 g/mol. The van der Waals surface area contributed by atoms with Gasteiger partial charge in [0, 0.05) is 11.1 Å². The van der Waals surface area contributed by atoms with Gasteiger partial charge in [0.25, 0.3) is 0 Å². The van der Waals surface area contributed by atoms with E-state index in [1.54, 1.807) is 36.4 Å². The van der Waals surface area contributed by atoms with Gasteiger partial charge in [-0.1, -0.05) is 42.5 Å². The van der Waals surface area contributed by atoms with Gasteiger partial charge in [-0.05, 0) is 17.7 Å². The van der Waals surface area contributed by atoms with Crippen LogP contribution in [0.1, 0.15) is 27.6 Å². The molecule has 22 heavy (non-hydrogen) atoms. The van der Waals surface area contributed by atoms with Crippen LogP contribution in [0.2, 0.25) is 0 Å². The number of nitrogens with two attached hydrogens (primary N) is 2. The fourth-order valence-electron chi connectivity index (χ4n) is 2.45. The molecule has 110 valence electrons. The molecule has 5 heteroatoms. The first-order valence-electron chi connectivity index (χ1n) is 6.73. The zero-order chi connectivity index (χ0) is 15.7. The Hall–Kier alpha value is -3.08. The molecule has 1 aliphatic heterocycles. The molecule has 0 spiro atoms. The van der Waals surface area contributed by atoms with E-state index in [9.17, 15) is 9.59 Å². The van der Waals surface area contributed by atoms with Gasteiger partial charge in [0.05, 0.1) is 5.57 Å². The maximum Gasteiger partial charge on any atom is 0.248 e. The lowest BCUT2D eigenvalue weighted by atomic mass is 9.96. The quantitative estimate of drug-likeness (QED) is 0.901. The van der Waals surface area contributed by atoms with Gasteiger partial charge in [-0.2, -0.15) is 0 Å². The average Bonchev–Trinajstić information content (AvgIpc) is 2.83. The van der Waals surface area contributed by atoms with E-state index in [4.69, 9.17) is 16.2 Å². The summed E-state index contributed by atoms with van der Waals surface area (Å²) in [5.74, 6) is -0.738. The molecule has 0 aliphatic carbocycles. The third-order valence-electron chi connectivity index (χ3n) is 3.51. The van der Waals surface area contributed by atoms with Gasteiger partial charge in [-0.25, -0.2) is 0 Å². The van der Waals surface area contributed by atoms with Crippen LogP contribution < -0.4 is 11.5 Å². The minimum Gasteiger partial charge on any atom is -0.462 e. The van der Waals surface area contributed by atoms with Gasteiger partial charge in [0.2, 0.25) is 11.7 Å². The summed E-state index contributed by atoms with van der Waals surface area (Å²) >= 11 is 0. The van der Waals surface area contributed by atoms with Crippen molar-refractivity contribution in [2.75, 3.05) is 0 Å². The zero-order valence-electron chi connectivity index (χ0n) is 11.7. The maximum absolute atomic E-state index is 12.6. The highest BCUT2D eigenvalue weighted by Gasteiger charge is 2.35. The first kappa shape index (κ1) is 13.9. The highest BCUT2D eigenvalue weighted by atomic mass is 16.5. The Kier molecular flexibility index (Phi) is 3.39. The van der Waals surface area contributed by atoms with Crippen molar-refractivity contribution in [3.05, 3.63) is 77.2 Å². The molecule has 1 aliphatic rings. The van der Waals surface area contributed by atoms with E-state index in [0.717, 1.165) is 5.56 Å². The topological polar surface area (TPSA) is 95.4 Å². The Bertz CT molecular complexity index is 782. The monoisotopic (exact) mass is 294 g/mol. The Morgan fingerprint density at radius 3 is 2.45 bits per heavy atom. The molecule has 5 nitrogen and oxygen atoms in total. The largest absolute Gasteiger partial charge is 0.462 e. The van der Waals surface area contributed by atoms with Crippen LogP contribution in [0.5, 0.6) is 0 Å². The summed E-state index contributed by atoms with van der Waals surface area (Å²) in [6.07, 6.45) is -0.756. The van der Waals surface area contributed by atoms with Crippen molar-refractivity contribution in [2.45, 2.75) is 6.10 Å². The van der Waals surface area contributed by atoms with Crippen molar-refractivity contribution < 1.29 is 14.3 Å². The molecule has 1 amide bonds. The maximum atomic E-state index is 12.6. The van der Waals surface area contributed by atoms with Crippen LogP contribution in [0.15, 0.2) is 60.5 Å².